The standard InChI is InChI=1S/C13H20N2O/c1-2-15(11-7-9-16-10-8-11)13-6-4-3-5-12(13)14/h3-6,11H,2,7-10,14H2,1H3. The summed E-state index contributed by atoms with van der Waals surface area (Å²) in [6.07, 6.45) is 2.20. The maximum absolute atomic E-state index is 6.03. The molecule has 88 valence electrons. The first-order valence-electron chi connectivity index (χ1n) is 6.02. The van der Waals surface area contributed by atoms with E-state index in [1.165, 1.54) is 0 Å². The van der Waals surface area contributed by atoms with Gasteiger partial charge in [-0.05, 0) is 31.9 Å². The van der Waals surface area contributed by atoms with Crippen LogP contribution < -0.4 is 10.6 Å². The van der Waals surface area contributed by atoms with Gasteiger partial charge >= 0.3 is 0 Å². The Hall–Kier alpha value is -1.22. The minimum Gasteiger partial charge on any atom is -0.397 e. The molecule has 0 atom stereocenters. The predicted octanol–water partition coefficient (Wildman–Crippen LogP) is 2.27. The van der Waals surface area contributed by atoms with Crippen LogP contribution in [0.15, 0.2) is 24.3 Å². The van der Waals surface area contributed by atoms with E-state index in [0.717, 1.165) is 44.0 Å². The third-order valence-electron chi connectivity index (χ3n) is 3.22. The molecular formula is C13H20N2O. The van der Waals surface area contributed by atoms with Crippen molar-refractivity contribution in [1.82, 2.24) is 0 Å². The number of para-hydroxylation sites is 2. The molecule has 0 saturated carbocycles. The number of hydrogen-bond donors (Lipinski definition) is 1. The van der Waals surface area contributed by atoms with Gasteiger partial charge in [-0.1, -0.05) is 12.1 Å². The van der Waals surface area contributed by atoms with Gasteiger partial charge in [0.2, 0.25) is 0 Å². The topological polar surface area (TPSA) is 38.5 Å². The smallest absolute Gasteiger partial charge is 0.0602 e. The molecule has 1 aromatic carbocycles. The summed E-state index contributed by atoms with van der Waals surface area (Å²) in [5, 5.41) is 0. The van der Waals surface area contributed by atoms with Gasteiger partial charge in [0.15, 0.2) is 0 Å². The molecule has 0 bridgehead atoms. The number of nitrogens with zero attached hydrogens (tertiary/aromatic N) is 1. The molecule has 16 heavy (non-hydrogen) atoms. The van der Waals surface area contributed by atoms with Gasteiger partial charge in [-0.15, -0.1) is 0 Å². The number of rotatable bonds is 3. The van der Waals surface area contributed by atoms with Crippen molar-refractivity contribution in [2.75, 3.05) is 30.4 Å². The van der Waals surface area contributed by atoms with Gasteiger partial charge in [0.1, 0.15) is 0 Å². The molecule has 2 rings (SSSR count). The van der Waals surface area contributed by atoms with Crippen molar-refractivity contribution in [3.63, 3.8) is 0 Å². The maximum Gasteiger partial charge on any atom is 0.0602 e. The minimum atomic E-state index is 0.573. The second kappa shape index (κ2) is 5.21. The van der Waals surface area contributed by atoms with E-state index >= 15 is 0 Å². The van der Waals surface area contributed by atoms with Crippen molar-refractivity contribution in [2.24, 2.45) is 0 Å². The van der Waals surface area contributed by atoms with Gasteiger partial charge < -0.3 is 15.4 Å². The van der Waals surface area contributed by atoms with Crippen LogP contribution >= 0.6 is 0 Å². The summed E-state index contributed by atoms with van der Waals surface area (Å²) in [7, 11) is 0. The minimum absolute atomic E-state index is 0.573. The highest BCUT2D eigenvalue weighted by Crippen LogP contribution is 2.27. The van der Waals surface area contributed by atoms with E-state index in [9.17, 15) is 0 Å². The van der Waals surface area contributed by atoms with E-state index in [-0.39, 0.29) is 0 Å². The fourth-order valence-corrected chi connectivity index (χ4v) is 2.37. The fourth-order valence-electron chi connectivity index (χ4n) is 2.37. The molecule has 1 fully saturated rings. The third-order valence-corrected chi connectivity index (χ3v) is 3.22. The number of anilines is 2. The van der Waals surface area contributed by atoms with Crippen LogP contribution in [0.3, 0.4) is 0 Å². The summed E-state index contributed by atoms with van der Waals surface area (Å²) in [4.78, 5) is 2.40. The van der Waals surface area contributed by atoms with Crippen LogP contribution in [0.5, 0.6) is 0 Å². The second-order valence-corrected chi connectivity index (χ2v) is 4.19. The molecule has 0 aromatic heterocycles. The monoisotopic (exact) mass is 220 g/mol. The largest absolute Gasteiger partial charge is 0.397 e. The van der Waals surface area contributed by atoms with Gasteiger partial charge in [-0.2, -0.15) is 0 Å². The van der Waals surface area contributed by atoms with Crippen molar-refractivity contribution in [3.8, 4) is 0 Å². The Morgan fingerprint density at radius 2 is 2.00 bits per heavy atom. The lowest BCUT2D eigenvalue weighted by molar-refractivity contribution is 0.0846. The molecule has 1 aliphatic heterocycles. The molecule has 0 aliphatic carbocycles. The van der Waals surface area contributed by atoms with E-state index in [1.54, 1.807) is 0 Å². The van der Waals surface area contributed by atoms with Crippen LogP contribution in [0.2, 0.25) is 0 Å². The van der Waals surface area contributed by atoms with E-state index in [2.05, 4.69) is 17.9 Å². The van der Waals surface area contributed by atoms with Crippen LogP contribution in [0.25, 0.3) is 0 Å². The van der Waals surface area contributed by atoms with Gasteiger partial charge in [-0.25, -0.2) is 0 Å². The Labute approximate surface area is 97.2 Å². The highest BCUT2D eigenvalue weighted by atomic mass is 16.5. The molecule has 1 aromatic rings. The third kappa shape index (κ3) is 2.30. The normalized spacial score (nSPS) is 17.3. The summed E-state index contributed by atoms with van der Waals surface area (Å²) < 4.78 is 5.40. The van der Waals surface area contributed by atoms with Crippen LogP contribution in [-0.4, -0.2) is 25.8 Å². The molecule has 2 N–H and O–H groups in total. The van der Waals surface area contributed by atoms with Crippen molar-refractivity contribution in [1.29, 1.82) is 0 Å². The Morgan fingerprint density at radius 1 is 1.31 bits per heavy atom. The quantitative estimate of drug-likeness (QED) is 0.794. The van der Waals surface area contributed by atoms with Crippen LogP contribution in [-0.2, 0) is 4.74 Å². The summed E-state index contributed by atoms with van der Waals surface area (Å²) >= 11 is 0. The van der Waals surface area contributed by atoms with Crippen molar-refractivity contribution in [3.05, 3.63) is 24.3 Å². The highest BCUT2D eigenvalue weighted by Gasteiger charge is 2.21. The SMILES string of the molecule is CCN(c1ccccc1N)C1CCOCC1. The van der Waals surface area contributed by atoms with Gasteiger partial charge in [-0.3, -0.25) is 0 Å². The van der Waals surface area contributed by atoms with E-state index in [1.807, 2.05) is 18.2 Å². The van der Waals surface area contributed by atoms with Crippen molar-refractivity contribution >= 4 is 11.4 Å². The molecular weight excluding hydrogens is 200 g/mol. The molecule has 0 spiro atoms. The lowest BCUT2D eigenvalue weighted by atomic mass is 10.1. The molecule has 3 heteroatoms. The second-order valence-electron chi connectivity index (χ2n) is 4.19. The lowest BCUT2D eigenvalue weighted by Gasteiger charge is -2.35. The van der Waals surface area contributed by atoms with Crippen LogP contribution in [0.1, 0.15) is 19.8 Å². The lowest BCUT2D eigenvalue weighted by Crippen LogP contribution is -2.39. The maximum atomic E-state index is 6.03. The first-order chi connectivity index (χ1) is 7.83. The van der Waals surface area contributed by atoms with Crippen molar-refractivity contribution < 1.29 is 4.74 Å². The summed E-state index contributed by atoms with van der Waals surface area (Å²) in [6, 6.07) is 8.68. The molecule has 0 unspecified atom stereocenters. The van der Waals surface area contributed by atoms with Gasteiger partial charge in [0.05, 0.1) is 11.4 Å². The number of ether oxygens (including phenoxy) is 1. The molecule has 0 amide bonds. The number of nitrogen functional groups attached to an aromatic ring is 1. The Kier molecular flexibility index (Phi) is 3.67. The zero-order chi connectivity index (χ0) is 11.4. The summed E-state index contributed by atoms with van der Waals surface area (Å²) in [5.41, 5.74) is 8.07. The number of hydrogen-bond acceptors (Lipinski definition) is 3. The first kappa shape index (κ1) is 11.3. The molecule has 0 radical (unpaired) electrons. The zero-order valence-electron chi connectivity index (χ0n) is 9.86. The Balaban J connectivity index is 2.18. The molecule has 1 saturated heterocycles. The van der Waals surface area contributed by atoms with Gasteiger partial charge in [0, 0.05) is 25.8 Å². The van der Waals surface area contributed by atoms with Crippen molar-refractivity contribution in [2.45, 2.75) is 25.8 Å². The first-order valence-corrected chi connectivity index (χ1v) is 6.02. The molecule has 1 heterocycles. The van der Waals surface area contributed by atoms with Gasteiger partial charge in [0.25, 0.3) is 0 Å². The zero-order valence-corrected chi connectivity index (χ0v) is 9.86. The van der Waals surface area contributed by atoms with E-state index in [0.29, 0.717) is 6.04 Å². The Bertz CT molecular complexity index is 334. The number of nitrogens with two attached hydrogens (primary N) is 1. The fraction of sp³-hybridized carbons (Fsp3) is 0.538. The van der Waals surface area contributed by atoms with Crippen LogP contribution in [0.4, 0.5) is 11.4 Å². The highest BCUT2D eigenvalue weighted by molar-refractivity contribution is 5.67. The summed E-state index contributed by atoms with van der Waals surface area (Å²) in [5.74, 6) is 0. The summed E-state index contributed by atoms with van der Waals surface area (Å²) in [6.45, 7) is 4.92. The van der Waals surface area contributed by atoms with Crippen LogP contribution in [0, 0.1) is 0 Å². The van der Waals surface area contributed by atoms with E-state index < -0.39 is 0 Å². The van der Waals surface area contributed by atoms with E-state index in [4.69, 9.17) is 10.5 Å². The molecule has 3 nitrogen and oxygen atoms in total. The average molecular weight is 220 g/mol. The molecule has 1 aliphatic rings. The average Bonchev–Trinajstić information content (AvgIpc) is 2.34. The predicted molar refractivity (Wildman–Crippen MR) is 67.7 cm³/mol. The number of benzene rings is 1. The Morgan fingerprint density at radius 3 is 2.62 bits per heavy atom.